The molecule has 0 spiro atoms. The maximum absolute atomic E-state index is 3.75. The fourth-order valence-corrected chi connectivity index (χ4v) is 2.69. The number of hydrogen-bond acceptors (Lipinski definition) is 0. The fraction of sp³-hybridized carbons (Fsp3) is 0.250. The van der Waals surface area contributed by atoms with E-state index in [-0.39, 0.29) is 0 Å². The van der Waals surface area contributed by atoms with Crippen LogP contribution in [0.5, 0.6) is 0 Å². The van der Waals surface area contributed by atoms with Crippen molar-refractivity contribution in [3.05, 3.63) is 52.7 Å². The quantitative estimate of drug-likeness (QED) is 0.560. The first-order valence-electron chi connectivity index (χ1n) is 4.24. The monoisotopic (exact) mass is 239 g/mol. The molecule has 0 aromatic heterocycles. The first-order valence-corrected chi connectivity index (χ1v) is 8.52. The van der Waals surface area contributed by atoms with Crippen LogP contribution in [0.1, 0.15) is 5.56 Å². The van der Waals surface area contributed by atoms with Gasteiger partial charge in [-0.05, 0) is 0 Å². The van der Waals surface area contributed by atoms with Crippen molar-refractivity contribution in [3.8, 4) is 0 Å². The molecule has 1 aromatic carbocycles. The van der Waals surface area contributed by atoms with Crippen molar-refractivity contribution in [3.63, 3.8) is 0 Å². The Morgan fingerprint density at radius 2 is 1.92 bits per heavy atom. The van der Waals surface area contributed by atoms with E-state index in [0.717, 1.165) is 6.42 Å². The molecule has 1 heteroatoms. The second-order valence-corrected chi connectivity index (χ2v) is 7.54. The summed E-state index contributed by atoms with van der Waals surface area (Å²) in [6.07, 6.45) is 1.03. The molecule has 0 heterocycles. The number of hydrogen-bond donors (Lipinski definition) is 0. The van der Waals surface area contributed by atoms with Crippen molar-refractivity contribution in [2.24, 2.45) is 0 Å². The van der Waals surface area contributed by atoms with Gasteiger partial charge in [-0.25, -0.2) is 0 Å². The molecule has 0 aliphatic carbocycles. The van der Waals surface area contributed by atoms with Gasteiger partial charge in [-0.15, -0.1) is 0 Å². The van der Waals surface area contributed by atoms with Crippen LogP contribution in [-0.4, -0.2) is 13.9 Å². The number of allylic oxidation sites excluding steroid dienone is 1. The van der Waals surface area contributed by atoms with Gasteiger partial charge in [-0.3, -0.25) is 0 Å². The van der Waals surface area contributed by atoms with Crippen molar-refractivity contribution in [2.45, 2.75) is 18.1 Å². The second-order valence-electron chi connectivity index (χ2n) is 3.08. The summed E-state index contributed by atoms with van der Waals surface area (Å²) >= 11 is -0.587. The van der Waals surface area contributed by atoms with Gasteiger partial charge in [-0.2, -0.15) is 0 Å². The minimum absolute atomic E-state index is 0.587. The van der Waals surface area contributed by atoms with Crippen molar-refractivity contribution >= 4 is 13.9 Å². The van der Waals surface area contributed by atoms with Gasteiger partial charge in [0.2, 0.25) is 0 Å². The third kappa shape index (κ3) is 3.24. The Morgan fingerprint density at radius 1 is 1.31 bits per heavy atom. The van der Waals surface area contributed by atoms with Crippen LogP contribution < -0.4 is 0 Å². The van der Waals surface area contributed by atoms with Gasteiger partial charge in [0.05, 0.1) is 0 Å². The van der Waals surface area contributed by atoms with E-state index in [1.54, 1.807) is 0 Å². The summed E-state index contributed by atoms with van der Waals surface area (Å²) in [5, 5.41) is 0. The van der Waals surface area contributed by atoms with Crippen LogP contribution >= 0.6 is 0 Å². The predicted molar refractivity (Wildman–Crippen MR) is 60.3 cm³/mol. The summed E-state index contributed by atoms with van der Waals surface area (Å²) in [5.74, 6) is 4.60. The Bertz CT molecular complexity index is 305. The van der Waals surface area contributed by atoms with Crippen LogP contribution in [0.2, 0.25) is 11.6 Å². The number of benzene rings is 1. The van der Waals surface area contributed by atoms with E-state index in [4.69, 9.17) is 0 Å². The van der Waals surface area contributed by atoms with E-state index in [1.165, 1.54) is 10.0 Å². The maximum atomic E-state index is 3.75. The molecular formula is C12H15Se+. The molecule has 0 aliphatic rings. The molecule has 0 bridgehead atoms. The van der Waals surface area contributed by atoms with Gasteiger partial charge in [-0.1, -0.05) is 0 Å². The average Bonchev–Trinajstić information content (AvgIpc) is 2.15. The average molecular weight is 238 g/mol. The molecule has 0 nitrogen and oxygen atoms in total. The van der Waals surface area contributed by atoms with Crippen molar-refractivity contribution in [2.75, 3.05) is 0 Å². The van der Waals surface area contributed by atoms with Crippen LogP contribution in [0.3, 0.4) is 0 Å². The van der Waals surface area contributed by atoms with Crippen molar-refractivity contribution in [1.29, 1.82) is 0 Å². The first-order chi connectivity index (χ1) is 6.24. The van der Waals surface area contributed by atoms with E-state index in [9.17, 15) is 0 Å². The first kappa shape index (κ1) is 10.3. The van der Waals surface area contributed by atoms with E-state index in [2.05, 4.69) is 48.2 Å². The molecule has 0 unspecified atom stereocenters. The van der Waals surface area contributed by atoms with Gasteiger partial charge in [0.1, 0.15) is 0 Å². The molecule has 0 atom stereocenters. The summed E-state index contributed by atoms with van der Waals surface area (Å²) in [7, 11) is 0. The normalized spacial score (nSPS) is 9.77. The molecule has 1 aromatic rings. The zero-order valence-electron chi connectivity index (χ0n) is 8.21. The molecule has 0 radical (unpaired) electrons. The number of rotatable bonds is 3. The Kier molecular flexibility index (Phi) is 4.05. The third-order valence-corrected chi connectivity index (χ3v) is 4.57. The van der Waals surface area contributed by atoms with Gasteiger partial charge in [0.15, 0.2) is 0 Å². The summed E-state index contributed by atoms with van der Waals surface area (Å²) in [4.78, 5) is 0. The Balaban J connectivity index is 2.75. The van der Waals surface area contributed by atoms with Crippen LogP contribution in [-0.2, 0) is 6.42 Å². The molecule has 0 amide bonds. The molecule has 68 valence electrons. The summed E-state index contributed by atoms with van der Waals surface area (Å²) in [6.45, 7) is 3.75. The van der Waals surface area contributed by atoms with Gasteiger partial charge < -0.3 is 0 Å². The van der Waals surface area contributed by atoms with E-state index in [1.807, 2.05) is 6.07 Å². The molecule has 13 heavy (non-hydrogen) atoms. The van der Waals surface area contributed by atoms with E-state index in [0.29, 0.717) is 0 Å². The Labute approximate surface area is 84.9 Å². The van der Waals surface area contributed by atoms with Gasteiger partial charge >= 0.3 is 84.6 Å². The molecule has 0 aliphatic heterocycles. The van der Waals surface area contributed by atoms with Crippen molar-refractivity contribution < 1.29 is 0 Å². The van der Waals surface area contributed by atoms with Crippen LogP contribution in [0.25, 0.3) is 0 Å². The molecule has 0 N–H and O–H groups in total. The van der Waals surface area contributed by atoms with Crippen LogP contribution in [0.15, 0.2) is 47.1 Å². The molecule has 0 saturated carbocycles. The molecule has 1 rings (SSSR count). The fourth-order valence-electron chi connectivity index (χ4n) is 1.13. The van der Waals surface area contributed by atoms with E-state index >= 15 is 0 Å². The Morgan fingerprint density at radius 3 is 2.38 bits per heavy atom. The summed E-state index contributed by atoms with van der Waals surface area (Å²) in [5.41, 5.74) is 4.44. The summed E-state index contributed by atoms with van der Waals surface area (Å²) < 4.78 is 1.41. The summed E-state index contributed by atoms with van der Waals surface area (Å²) in [6, 6.07) is 10.5. The Hall–Kier alpha value is -0.741. The predicted octanol–water partition coefficient (Wildman–Crippen LogP) is 3.23. The van der Waals surface area contributed by atoms with Gasteiger partial charge in [0.25, 0.3) is 0 Å². The van der Waals surface area contributed by atoms with E-state index < -0.39 is 13.9 Å². The van der Waals surface area contributed by atoms with Gasteiger partial charge in [0, 0.05) is 0 Å². The molecule has 0 fully saturated rings. The van der Waals surface area contributed by atoms with Crippen LogP contribution in [0, 0.1) is 0 Å². The SMILES string of the molecule is C=C=C(Cc1ccccc1)[Se+](C)C. The van der Waals surface area contributed by atoms with Crippen LogP contribution in [0.4, 0.5) is 0 Å². The second kappa shape index (κ2) is 5.09. The zero-order chi connectivity index (χ0) is 9.68. The zero-order valence-corrected chi connectivity index (χ0v) is 9.92. The minimum atomic E-state index is -0.587. The standard InChI is InChI=1S/C12H15Se/c1-4-12(13(2)3)10-11-8-6-5-7-9-11/h5-9H,1,10H2,2-3H3/q+1. The molecular weight excluding hydrogens is 223 g/mol. The molecule has 0 saturated heterocycles. The topological polar surface area (TPSA) is 0 Å². The van der Waals surface area contributed by atoms with Crippen molar-refractivity contribution in [1.82, 2.24) is 0 Å². The third-order valence-electron chi connectivity index (χ3n) is 1.90.